The standard InChI is InChI=1S/C33H45N3O3/c1-24-21-35(29-17-15-28(16-18-29)34(3)4)22-25(2)31(24)23-36(33(38)27-11-7-6-8-12-27)30-13-9-10-26(20-30)14-19-32(37)39-5/h9-10,13-20,24-25,27,31H,6-8,11-12,21-23H2,1-5H3/b19-14+. The fraction of sp³-hybridized carbons (Fsp3) is 0.515. The summed E-state index contributed by atoms with van der Waals surface area (Å²) in [6.45, 7) is 7.34. The number of methoxy groups -OCH3 is 1. The van der Waals surface area contributed by atoms with E-state index in [-0.39, 0.29) is 17.8 Å². The molecule has 0 aromatic heterocycles. The minimum Gasteiger partial charge on any atom is -0.466 e. The largest absolute Gasteiger partial charge is 0.466 e. The lowest BCUT2D eigenvalue weighted by molar-refractivity contribution is -0.134. The van der Waals surface area contributed by atoms with Gasteiger partial charge in [0.2, 0.25) is 5.91 Å². The summed E-state index contributed by atoms with van der Waals surface area (Å²) in [5.41, 5.74) is 4.27. The Morgan fingerprint density at radius 2 is 1.62 bits per heavy atom. The van der Waals surface area contributed by atoms with E-state index in [0.29, 0.717) is 17.8 Å². The highest BCUT2D eigenvalue weighted by Crippen LogP contribution is 2.35. The van der Waals surface area contributed by atoms with Crippen LogP contribution in [0.2, 0.25) is 0 Å². The van der Waals surface area contributed by atoms with Gasteiger partial charge in [-0.15, -0.1) is 0 Å². The first-order chi connectivity index (χ1) is 18.8. The predicted octanol–water partition coefficient (Wildman–Crippen LogP) is 6.26. The number of piperidine rings is 1. The molecule has 1 aliphatic carbocycles. The predicted molar refractivity (Wildman–Crippen MR) is 161 cm³/mol. The Balaban J connectivity index is 1.55. The number of carbonyl (C=O) groups excluding carboxylic acids is 2. The minimum atomic E-state index is -0.388. The van der Waals surface area contributed by atoms with Gasteiger partial charge in [0.15, 0.2) is 0 Å². The Kier molecular flexibility index (Phi) is 9.71. The number of esters is 1. The Labute approximate surface area is 234 Å². The molecule has 2 aromatic rings. The van der Waals surface area contributed by atoms with Gasteiger partial charge >= 0.3 is 5.97 Å². The van der Waals surface area contributed by atoms with Crippen molar-refractivity contribution in [3.63, 3.8) is 0 Å². The third-order valence-electron chi connectivity index (χ3n) is 8.62. The SMILES string of the molecule is COC(=O)/C=C/c1cccc(N(CC2C(C)CN(c3ccc(N(C)C)cc3)CC2C)C(=O)C2CCCCC2)c1. The second kappa shape index (κ2) is 13.2. The van der Waals surface area contributed by atoms with Gasteiger partial charge in [-0.1, -0.05) is 45.2 Å². The highest BCUT2D eigenvalue weighted by atomic mass is 16.5. The van der Waals surface area contributed by atoms with E-state index in [2.05, 4.69) is 66.9 Å². The molecule has 0 bridgehead atoms. The van der Waals surface area contributed by atoms with Crippen molar-refractivity contribution < 1.29 is 14.3 Å². The molecule has 2 fully saturated rings. The summed E-state index contributed by atoms with van der Waals surface area (Å²) in [5, 5.41) is 0. The van der Waals surface area contributed by atoms with E-state index in [0.717, 1.165) is 56.6 Å². The second-order valence-electron chi connectivity index (χ2n) is 11.7. The summed E-state index contributed by atoms with van der Waals surface area (Å²) >= 11 is 0. The summed E-state index contributed by atoms with van der Waals surface area (Å²) in [4.78, 5) is 32.3. The van der Waals surface area contributed by atoms with Gasteiger partial charge in [0.25, 0.3) is 0 Å². The smallest absolute Gasteiger partial charge is 0.330 e. The van der Waals surface area contributed by atoms with Crippen molar-refractivity contribution >= 4 is 35.0 Å². The van der Waals surface area contributed by atoms with Crippen LogP contribution in [0.4, 0.5) is 17.1 Å². The highest BCUT2D eigenvalue weighted by Gasteiger charge is 2.36. The van der Waals surface area contributed by atoms with Gasteiger partial charge in [0, 0.05) is 62.8 Å². The molecule has 1 amide bonds. The van der Waals surface area contributed by atoms with Crippen molar-refractivity contribution in [2.24, 2.45) is 23.7 Å². The van der Waals surface area contributed by atoms with Gasteiger partial charge in [-0.05, 0) is 78.6 Å². The van der Waals surface area contributed by atoms with E-state index in [9.17, 15) is 9.59 Å². The van der Waals surface area contributed by atoms with Crippen LogP contribution in [0.5, 0.6) is 0 Å². The number of amides is 1. The number of hydrogen-bond acceptors (Lipinski definition) is 5. The maximum Gasteiger partial charge on any atom is 0.330 e. The lowest BCUT2D eigenvalue weighted by Crippen LogP contribution is -2.50. The van der Waals surface area contributed by atoms with E-state index in [1.54, 1.807) is 6.08 Å². The second-order valence-corrected chi connectivity index (χ2v) is 11.7. The zero-order valence-electron chi connectivity index (χ0n) is 24.3. The van der Waals surface area contributed by atoms with Gasteiger partial charge in [-0.2, -0.15) is 0 Å². The van der Waals surface area contributed by atoms with Gasteiger partial charge in [-0.25, -0.2) is 4.79 Å². The average Bonchev–Trinajstić information content (AvgIpc) is 2.95. The van der Waals surface area contributed by atoms with Gasteiger partial charge in [0.1, 0.15) is 0 Å². The van der Waals surface area contributed by atoms with Crippen LogP contribution in [0.25, 0.3) is 6.08 Å². The molecule has 210 valence electrons. The van der Waals surface area contributed by atoms with Crippen molar-refractivity contribution in [3.05, 3.63) is 60.2 Å². The van der Waals surface area contributed by atoms with E-state index >= 15 is 0 Å². The number of hydrogen-bond donors (Lipinski definition) is 0. The van der Waals surface area contributed by atoms with Crippen LogP contribution in [-0.4, -0.2) is 52.7 Å². The Morgan fingerprint density at radius 1 is 0.949 bits per heavy atom. The van der Waals surface area contributed by atoms with Crippen LogP contribution >= 0.6 is 0 Å². The van der Waals surface area contributed by atoms with Crippen molar-refractivity contribution in [1.29, 1.82) is 0 Å². The molecule has 1 aliphatic heterocycles. The first-order valence-corrected chi connectivity index (χ1v) is 14.5. The minimum absolute atomic E-state index is 0.0916. The van der Waals surface area contributed by atoms with Crippen LogP contribution in [0.1, 0.15) is 51.5 Å². The molecule has 4 rings (SSSR count). The number of nitrogens with zero attached hydrogens (tertiary/aromatic N) is 3. The van der Waals surface area contributed by atoms with Gasteiger partial charge in [0.05, 0.1) is 7.11 Å². The molecule has 2 aromatic carbocycles. The highest BCUT2D eigenvalue weighted by molar-refractivity contribution is 5.95. The number of benzene rings is 2. The quantitative estimate of drug-likeness (QED) is 0.297. The van der Waals surface area contributed by atoms with Crippen LogP contribution in [0.3, 0.4) is 0 Å². The normalized spacial score (nSPS) is 22.1. The number of anilines is 3. The molecule has 0 N–H and O–H groups in total. The molecule has 1 saturated carbocycles. The zero-order valence-corrected chi connectivity index (χ0v) is 24.3. The molecule has 39 heavy (non-hydrogen) atoms. The first kappa shape index (κ1) is 28.7. The number of ether oxygens (including phenoxy) is 1. The molecule has 6 nitrogen and oxygen atoms in total. The van der Waals surface area contributed by atoms with E-state index in [1.807, 2.05) is 24.3 Å². The van der Waals surface area contributed by atoms with Crippen LogP contribution in [0.15, 0.2) is 54.6 Å². The molecule has 0 spiro atoms. The van der Waals surface area contributed by atoms with Crippen molar-refractivity contribution in [3.8, 4) is 0 Å². The third kappa shape index (κ3) is 7.23. The Hall–Kier alpha value is -3.28. The van der Waals surface area contributed by atoms with Crippen LogP contribution in [-0.2, 0) is 14.3 Å². The summed E-state index contributed by atoms with van der Waals surface area (Å²) in [6, 6.07) is 16.8. The van der Waals surface area contributed by atoms with E-state index in [4.69, 9.17) is 4.74 Å². The summed E-state index contributed by atoms with van der Waals surface area (Å²) in [5.74, 6) is 1.22. The maximum absolute atomic E-state index is 14.0. The van der Waals surface area contributed by atoms with E-state index in [1.165, 1.54) is 31.0 Å². The monoisotopic (exact) mass is 531 g/mol. The Bertz CT molecular complexity index is 1130. The third-order valence-corrected chi connectivity index (χ3v) is 8.62. The molecular formula is C33H45N3O3. The summed E-state index contributed by atoms with van der Waals surface area (Å²) < 4.78 is 4.75. The summed E-state index contributed by atoms with van der Waals surface area (Å²) in [6.07, 6.45) is 8.61. The molecule has 0 radical (unpaired) electrons. The number of rotatable bonds is 8. The fourth-order valence-electron chi connectivity index (χ4n) is 6.27. The number of carbonyl (C=O) groups is 2. The van der Waals surface area contributed by atoms with Gasteiger partial charge < -0.3 is 19.4 Å². The van der Waals surface area contributed by atoms with E-state index < -0.39 is 0 Å². The van der Waals surface area contributed by atoms with Crippen LogP contribution < -0.4 is 14.7 Å². The van der Waals surface area contributed by atoms with Crippen molar-refractivity contribution in [2.75, 3.05) is 55.5 Å². The molecule has 6 heteroatoms. The Morgan fingerprint density at radius 3 is 2.23 bits per heavy atom. The maximum atomic E-state index is 14.0. The summed E-state index contributed by atoms with van der Waals surface area (Å²) in [7, 11) is 5.51. The first-order valence-electron chi connectivity index (χ1n) is 14.5. The molecule has 1 saturated heterocycles. The molecular weight excluding hydrogens is 486 g/mol. The molecule has 2 atom stereocenters. The molecule has 2 aliphatic rings. The topological polar surface area (TPSA) is 53.1 Å². The van der Waals surface area contributed by atoms with Crippen molar-refractivity contribution in [2.45, 2.75) is 46.0 Å². The molecule has 2 unspecified atom stereocenters. The lowest BCUT2D eigenvalue weighted by atomic mass is 9.78. The zero-order chi connectivity index (χ0) is 27.9. The molecule has 1 heterocycles. The van der Waals surface area contributed by atoms with Crippen LogP contribution in [0, 0.1) is 23.7 Å². The van der Waals surface area contributed by atoms with Gasteiger partial charge in [-0.3, -0.25) is 4.79 Å². The van der Waals surface area contributed by atoms with Crippen molar-refractivity contribution in [1.82, 2.24) is 0 Å². The lowest BCUT2D eigenvalue weighted by Gasteiger charge is -2.45. The average molecular weight is 532 g/mol. The fourth-order valence-corrected chi connectivity index (χ4v) is 6.27.